The Kier molecular flexibility index (Phi) is 9.05. The van der Waals surface area contributed by atoms with E-state index >= 15 is 0 Å². The average molecular weight is 632 g/mol. The zero-order valence-corrected chi connectivity index (χ0v) is 26.7. The molecular formula is C36H37N7O2S. The maximum atomic E-state index is 14.1. The van der Waals surface area contributed by atoms with Gasteiger partial charge in [-0.15, -0.1) is 11.3 Å². The van der Waals surface area contributed by atoms with Crippen molar-refractivity contribution in [2.75, 3.05) is 37.4 Å². The van der Waals surface area contributed by atoms with Gasteiger partial charge >= 0.3 is 0 Å². The SMILES string of the molecule is CN1CCCC(Nc2ccc(Nc3ncc4cc(C#CC5CCCCO5)c(=O)n(Cc5ccccc5-c5nccs5)c4n3)cc2)C1. The van der Waals surface area contributed by atoms with Crippen molar-refractivity contribution in [2.45, 2.75) is 50.8 Å². The van der Waals surface area contributed by atoms with Crippen molar-refractivity contribution in [3.05, 3.63) is 93.9 Å². The number of likely N-dealkylation sites (tertiary alicyclic amines) is 1. The molecular weight excluding hydrogens is 595 g/mol. The van der Waals surface area contributed by atoms with Crippen LogP contribution in [0.5, 0.6) is 0 Å². The van der Waals surface area contributed by atoms with Gasteiger partial charge in [-0.3, -0.25) is 9.36 Å². The number of anilines is 3. The Morgan fingerprint density at radius 3 is 2.72 bits per heavy atom. The number of aromatic nitrogens is 4. The van der Waals surface area contributed by atoms with E-state index in [1.54, 1.807) is 34.4 Å². The number of fused-ring (bicyclic) bond motifs is 1. The minimum absolute atomic E-state index is 0.156. The van der Waals surface area contributed by atoms with Crippen LogP contribution < -0.4 is 16.2 Å². The van der Waals surface area contributed by atoms with Crippen LogP contribution in [-0.2, 0) is 11.3 Å². The summed E-state index contributed by atoms with van der Waals surface area (Å²) in [7, 11) is 2.17. The standard InChI is InChI=1S/C36H37N7O2S/c1-42-18-6-8-30(24-42)39-28-12-14-29(15-13-28)40-36-38-22-27-21-25(11-16-31-9-4-5-19-45-31)35(44)43(33(27)41-36)23-26-7-2-3-10-32(26)34-37-17-20-46-34/h2-3,7,10,12-15,17,20-22,30-31,39H,4-6,8-9,18-19,23-24H2,1H3,(H,38,40,41). The predicted octanol–water partition coefficient (Wildman–Crippen LogP) is 6.13. The van der Waals surface area contributed by atoms with E-state index in [4.69, 9.17) is 9.72 Å². The second-order valence-corrected chi connectivity index (χ2v) is 12.9. The van der Waals surface area contributed by atoms with Crippen LogP contribution in [0, 0.1) is 11.8 Å². The van der Waals surface area contributed by atoms with Crippen LogP contribution in [0.3, 0.4) is 0 Å². The third-order valence-electron chi connectivity index (χ3n) is 8.52. The van der Waals surface area contributed by atoms with Crippen molar-refractivity contribution in [3.8, 4) is 22.4 Å². The highest BCUT2D eigenvalue weighted by atomic mass is 32.1. The highest BCUT2D eigenvalue weighted by Crippen LogP contribution is 2.27. The number of pyridine rings is 1. The number of benzene rings is 2. The van der Waals surface area contributed by atoms with Crippen LogP contribution in [0.4, 0.5) is 17.3 Å². The minimum atomic E-state index is -0.196. The minimum Gasteiger partial charge on any atom is -0.381 e. The lowest BCUT2D eigenvalue weighted by Crippen LogP contribution is -2.39. The zero-order chi connectivity index (χ0) is 31.3. The number of rotatable bonds is 7. The van der Waals surface area contributed by atoms with Gasteiger partial charge in [0.25, 0.3) is 5.56 Å². The maximum Gasteiger partial charge on any atom is 0.268 e. The Morgan fingerprint density at radius 1 is 1.04 bits per heavy atom. The maximum absolute atomic E-state index is 14.1. The highest BCUT2D eigenvalue weighted by Gasteiger charge is 2.18. The van der Waals surface area contributed by atoms with Crippen molar-refractivity contribution in [3.63, 3.8) is 0 Å². The first-order chi connectivity index (χ1) is 22.6. The summed E-state index contributed by atoms with van der Waals surface area (Å²) in [5.74, 6) is 6.74. The van der Waals surface area contributed by atoms with E-state index in [1.807, 2.05) is 41.8 Å². The molecule has 2 N–H and O–H groups in total. The van der Waals surface area contributed by atoms with E-state index in [2.05, 4.69) is 56.5 Å². The van der Waals surface area contributed by atoms with Gasteiger partial charge in [-0.1, -0.05) is 36.1 Å². The second-order valence-electron chi connectivity index (χ2n) is 12.0. The van der Waals surface area contributed by atoms with Crippen molar-refractivity contribution < 1.29 is 4.74 Å². The van der Waals surface area contributed by atoms with Crippen LogP contribution >= 0.6 is 11.3 Å². The van der Waals surface area contributed by atoms with E-state index in [-0.39, 0.29) is 11.7 Å². The molecule has 0 bridgehead atoms. The molecule has 2 aliphatic heterocycles. The normalized spacial score (nSPS) is 18.5. The molecule has 46 heavy (non-hydrogen) atoms. The van der Waals surface area contributed by atoms with Crippen LogP contribution in [0.2, 0.25) is 0 Å². The summed E-state index contributed by atoms with van der Waals surface area (Å²) in [5.41, 5.74) is 4.67. The number of nitrogens with one attached hydrogen (secondary N) is 2. The molecule has 5 aromatic rings. The molecule has 0 radical (unpaired) electrons. The smallest absolute Gasteiger partial charge is 0.268 e. The van der Waals surface area contributed by atoms with Crippen molar-refractivity contribution in [2.24, 2.45) is 0 Å². The van der Waals surface area contributed by atoms with Crippen LogP contribution in [0.15, 0.2) is 77.2 Å². The number of likely N-dealkylation sites (N-methyl/N-ethyl adjacent to an activating group) is 1. The van der Waals surface area contributed by atoms with Gasteiger partial charge in [-0.05, 0) is 81.6 Å². The molecule has 0 spiro atoms. The zero-order valence-electron chi connectivity index (χ0n) is 25.9. The third-order valence-corrected chi connectivity index (χ3v) is 9.33. The van der Waals surface area contributed by atoms with Gasteiger partial charge in [-0.25, -0.2) is 9.97 Å². The first-order valence-corrected chi connectivity index (χ1v) is 16.8. The fourth-order valence-electron chi connectivity index (χ4n) is 6.16. The molecule has 7 rings (SSSR count). The summed E-state index contributed by atoms with van der Waals surface area (Å²) >= 11 is 1.57. The number of nitrogens with zero attached hydrogens (tertiary/aromatic N) is 5. The van der Waals surface area contributed by atoms with E-state index in [1.165, 1.54) is 12.8 Å². The largest absolute Gasteiger partial charge is 0.381 e. The molecule has 2 aliphatic rings. The number of piperidine rings is 1. The Morgan fingerprint density at radius 2 is 1.91 bits per heavy atom. The molecule has 9 nitrogen and oxygen atoms in total. The lowest BCUT2D eigenvalue weighted by atomic mass is 10.1. The summed E-state index contributed by atoms with van der Waals surface area (Å²) < 4.78 is 7.51. The molecule has 10 heteroatoms. The first-order valence-electron chi connectivity index (χ1n) is 15.9. The lowest BCUT2D eigenvalue weighted by Gasteiger charge is -2.30. The summed E-state index contributed by atoms with van der Waals surface area (Å²) in [4.78, 5) is 30.4. The van der Waals surface area contributed by atoms with Crippen molar-refractivity contribution in [1.82, 2.24) is 24.4 Å². The molecule has 0 aliphatic carbocycles. The van der Waals surface area contributed by atoms with Gasteiger partial charge < -0.3 is 20.3 Å². The number of ether oxygens (including phenoxy) is 1. The fourth-order valence-corrected chi connectivity index (χ4v) is 6.86. The summed E-state index contributed by atoms with van der Waals surface area (Å²) in [6, 6.07) is 18.5. The average Bonchev–Trinajstić information content (AvgIpc) is 3.62. The van der Waals surface area contributed by atoms with Gasteiger partial charge in [0.15, 0.2) is 0 Å². The highest BCUT2D eigenvalue weighted by molar-refractivity contribution is 7.13. The molecule has 3 aromatic heterocycles. The Balaban J connectivity index is 1.21. The van der Waals surface area contributed by atoms with E-state index in [0.29, 0.717) is 36.4 Å². The van der Waals surface area contributed by atoms with Gasteiger partial charge in [0.05, 0.1) is 12.1 Å². The molecule has 0 amide bonds. The van der Waals surface area contributed by atoms with Crippen molar-refractivity contribution >= 4 is 39.7 Å². The number of hydrogen-bond acceptors (Lipinski definition) is 9. The molecule has 2 fully saturated rings. The topological polar surface area (TPSA) is 97.2 Å². The third kappa shape index (κ3) is 6.97. The Hall–Kier alpha value is -4.56. The summed E-state index contributed by atoms with van der Waals surface area (Å²) in [6.07, 6.45) is 8.78. The monoisotopic (exact) mass is 631 g/mol. The molecule has 2 unspecified atom stereocenters. The summed E-state index contributed by atoms with van der Waals surface area (Å²) in [6.45, 7) is 3.22. The number of hydrogen-bond donors (Lipinski definition) is 2. The molecule has 2 atom stereocenters. The lowest BCUT2D eigenvalue weighted by molar-refractivity contribution is 0.0526. The Labute approximate surface area is 272 Å². The van der Waals surface area contributed by atoms with Gasteiger partial charge in [0.1, 0.15) is 16.8 Å². The quantitative estimate of drug-likeness (QED) is 0.207. The predicted molar refractivity (Wildman–Crippen MR) is 185 cm³/mol. The van der Waals surface area contributed by atoms with E-state index < -0.39 is 0 Å². The molecule has 0 saturated carbocycles. The van der Waals surface area contributed by atoms with Gasteiger partial charge in [0.2, 0.25) is 5.95 Å². The van der Waals surface area contributed by atoms with Crippen LogP contribution in [0.1, 0.15) is 43.2 Å². The van der Waals surface area contributed by atoms with Crippen LogP contribution in [-0.4, -0.2) is 63.3 Å². The molecule has 2 saturated heterocycles. The van der Waals surface area contributed by atoms with Gasteiger partial charge in [-0.2, -0.15) is 4.98 Å². The van der Waals surface area contributed by atoms with Crippen LogP contribution in [0.25, 0.3) is 21.6 Å². The van der Waals surface area contributed by atoms with E-state index in [0.717, 1.165) is 65.2 Å². The van der Waals surface area contributed by atoms with E-state index in [9.17, 15) is 4.79 Å². The number of thiazole rings is 1. The second kappa shape index (κ2) is 13.8. The Bertz CT molecular complexity index is 1920. The molecule has 2 aromatic carbocycles. The van der Waals surface area contributed by atoms with Gasteiger partial charge in [0, 0.05) is 59.3 Å². The fraction of sp³-hybridized carbons (Fsp3) is 0.333. The molecule has 234 valence electrons. The van der Waals surface area contributed by atoms with Crippen molar-refractivity contribution in [1.29, 1.82) is 0 Å². The summed E-state index contributed by atoms with van der Waals surface area (Å²) in [5, 5.41) is 10.6. The first kappa shape index (κ1) is 30.1. The molecule has 5 heterocycles.